The van der Waals surface area contributed by atoms with Gasteiger partial charge in [-0.05, 0) is 59.3 Å². The Labute approximate surface area is 273 Å². The standard InChI is InChI=1S/C35H36ClN9O/c1-3-44(2)32(22-37)35(46,26-14-12-24(13-15-26)23-38-18-19-39-29-10-5-4-6-11-29)27-16-17-31-30(21-27)33(25-8-7-9-28(36)20-25)40-34-41-42-43-45(31)34/h3-17,20-22,38-39,42-43,46H,1,18-19,23,37H2,2H3/b32-22-. The van der Waals surface area contributed by atoms with Crippen molar-refractivity contribution < 1.29 is 5.11 Å². The lowest BCUT2D eigenvalue weighted by Crippen LogP contribution is -2.44. The second kappa shape index (κ2) is 13.5. The van der Waals surface area contributed by atoms with Gasteiger partial charge in [-0.2, -0.15) is 0 Å². The van der Waals surface area contributed by atoms with Gasteiger partial charge in [0.1, 0.15) is 0 Å². The molecule has 11 heteroatoms. The number of halogens is 1. The minimum Gasteiger partial charge on any atom is -0.403 e. The maximum Gasteiger partial charge on any atom is 0.265 e. The molecule has 1 unspecified atom stereocenters. The number of likely N-dealkylation sites (N-methyl/N-ethyl adjacent to an activating group) is 1. The topological polar surface area (TPSA) is 126 Å². The Kier molecular flexibility index (Phi) is 9.04. The first-order valence-corrected chi connectivity index (χ1v) is 15.3. The molecular weight excluding hydrogens is 598 g/mol. The molecule has 1 atom stereocenters. The molecule has 0 aromatic heterocycles. The van der Waals surface area contributed by atoms with E-state index in [0.717, 1.165) is 41.2 Å². The van der Waals surface area contributed by atoms with Gasteiger partial charge in [0.15, 0.2) is 5.60 Å². The Hall–Kier alpha value is -5.13. The largest absolute Gasteiger partial charge is 0.403 e. The molecule has 0 bridgehead atoms. The van der Waals surface area contributed by atoms with E-state index in [4.69, 9.17) is 22.3 Å². The molecule has 0 aliphatic carbocycles. The summed E-state index contributed by atoms with van der Waals surface area (Å²) in [4.78, 5) is 6.55. The van der Waals surface area contributed by atoms with E-state index in [0.29, 0.717) is 40.1 Å². The summed E-state index contributed by atoms with van der Waals surface area (Å²) in [5.74, 6) is 0.458. The van der Waals surface area contributed by atoms with Crippen LogP contribution >= 0.6 is 11.6 Å². The molecule has 0 saturated carbocycles. The predicted octanol–water partition coefficient (Wildman–Crippen LogP) is 4.60. The number of anilines is 2. The van der Waals surface area contributed by atoms with Crippen molar-refractivity contribution in [3.8, 4) is 0 Å². The van der Waals surface area contributed by atoms with Crippen molar-refractivity contribution in [1.82, 2.24) is 21.3 Å². The molecule has 7 N–H and O–H groups in total. The molecule has 0 saturated heterocycles. The first-order valence-electron chi connectivity index (χ1n) is 14.9. The van der Waals surface area contributed by atoms with Crippen molar-refractivity contribution in [2.75, 3.05) is 30.5 Å². The summed E-state index contributed by atoms with van der Waals surface area (Å²) in [5, 5.41) is 26.2. The van der Waals surface area contributed by atoms with Gasteiger partial charge >= 0.3 is 0 Å². The molecule has 2 aliphatic heterocycles. The van der Waals surface area contributed by atoms with Crippen LogP contribution in [-0.2, 0) is 12.1 Å². The number of guanidine groups is 1. The van der Waals surface area contributed by atoms with E-state index >= 15 is 0 Å². The Morgan fingerprint density at radius 1 is 1.02 bits per heavy atom. The van der Waals surface area contributed by atoms with Crippen LogP contribution in [0.1, 0.15) is 27.8 Å². The van der Waals surface area contributed by atoms with Crippen LogP contribution in [0.25, 0.3) is 0 Å². The van der Waals surface area contributed by atoms with Gasteiger partial charge in [0.2, 0.25) is 0 Å². The van der Waals surface area contributed by atoms with E-state index in [1.165, 1.54) is 6.20 Å². The van der Waals surface area contributed by atoms with Gasteiger partial charge in [0.25, 0.3) is 5.96 Å². The number of nitrogens with one attached hydrogen (secondary N) is 4. The van der Waals surface area contributed by atoms with Crippen LogP contribution in [0.2, 0.25) is 5.02 Å². The number of hydrazine groups is 2. The number of hydrogen-bond donors (Lipinski definition) is 6. The Balaban J connectivity index is 1.32. The lowest BCUT2D eigenvalue weighted by atomic mass is 9.81. The first kappa shape index (κ1) is 30.9. The van der Waals surface area contributed by atoms with Gasteiger partial charge in [-0.1, -0.05) is 78.8 Å². The number of nitrogens with two attached hydrogens (primary N) is 1. The van der Waals surface area contributed by atoms with Crippen LogP contribution in [0, 0.1) is 0 Å². The number of fused-ring (bicyclic) bond motifs is 3. The van der Waals surface area contributed by atoms with Crippen molar-refractivity contribution in [2.45, 2.75) is 12.1 Å². The van der Waals surface area contributed by atoms with Crippen LogP contribution in [0.4, 0.5) is 11.4 Å². The van der Waals surface area contributed by atoms with Gasteiger partial charge in [0, 0.05) is 54.7 Å². The van der Waals surface area contributed by atoms with Crippen molar-refractivity contribution >= 4 is 34.6 Å². The number of para-hydroxylation sites is 1. The number of hydrazone groups is 1. The second-order valence-corrected chi connectivity index (χ2v) is 11.3. The molecule has 2 aliphatic rings. The molecule has 4 aromatic rings. The number of rotatable bonds is 12. The van der Waals surface area contributed by atoms with E-state index in [2.05, 4.69) is 33.4 Å². The SMILES string of the molecule is C=CN(C)/C(=C\N)C(O)(c1ccc(CNCCNc2ccccc2)cc1)c1ccc2c(c1)C(c1cccc(Cl)c1)=NC1=NNNN12. The quantitative estimate of drug-likeness (QED) is 0.125. The fourth-order valence-electron chi connectivity index (χ4n) is 5.63. The lowest BCUT2D eigenvalue weighted by molar-refractivity contribution is 0.0967. The predicted molar refractivity (Wildman–Crippen MR) is 186 cm³/mol. The fourth-order valence-corrected chi connectivity index (χ4v) is 5.82. The minimum atomic E-state index is -1.64. The van der Waals surface area contributed by atoms with E-state index in [-0.39, 0.29) is 0 Å². The smallest absolute Gasteiger partial charge is 0.265 e. The van der Waals surface area contributed by atoms with Crippen molar-refractivity contribution in [1.29, 1.82) is 0 Å². The van der Waals surface area contributed by atoms with Gasteiger partial charge in [-0.15, -0.1) is 10.6 Å². The van der Waals surface area contributed by atoms with Crippen LogP contribution in [0.5, 0.6) is 0 Å². The molecular formula is C35H36ClN9O. The third-order valence-corrected chi connectivity index (χ3v) is 8.26. The average molecular weight is 634 g/mol. The van der Waals surface area contributed by atoms with Crippen molar-refractivity contribution in [3.05, 3.63) is 155 Å². The molecule has 4 aromatic carbocycles. The summed E-state index contributed by atoms with van der Waals surface area (Å²) >= 11 is 6.38. The van der Waals surface area contributed by atoms with Gasteiger partial charge < -0.3 is 26.4 Å². The zero-order chi connectivity index (χ0) is 32.1. The maximum absolute atomic E-state index is 12.8. The number of nitrogens with zero attached hydrogens (tertiary/aromatic N) is 4. The third kappa shape index (κ3) is 6.07. The van der Waals surface area contributed by atoms with Gasteiger partial charge in [-0.3, -0.25) is 0 Å². The summed E-state index contributed by atoms with van der Waals surface area (Å²) in [5.41, 5.74) is 17.3. The van der Waals surface area contributed by atoms with E-state index in [1.807, 2.05) is 97.1 Å². The summed E-state index contributed by atoms with van der Waals surface area (Å²) in [6.07, 6.45) is 3.03. The summed E-state index contributed by atoms with van der Waals surface area (Å²) in [6, 6.07) is 31.3. The van der Waals surface area contributed by atoms with Crippen LogP contribution in [0.15, 0.2) is 132 Å². The number of hydrogen-bond acceptors (Lipinski definition) is 10. The Morgan fingerprint density at radius 3 is 2.54 bits per heavy atom. The van der Waals surface area contributed by atoms with Gasteiger partial charge in [0.05, 0.1) is 17.1 Å². The molecule has 10 nitrogen and oxygen atoms in total. The summed E-state index contributed by atoms with van der Waals surface area (Å²) in [6.45, 7) is 6.20. The number of aliphatic hydroxyl groups is 1. The molecule has 2 heterocycles. The highest BCUT2D eigenvalue weighted by molar-refractivity contribution is 6.32. The van der Waals surface area contributed by atoms with Gasteiger partial charge in [-0.25, -0.2) is 15.5 Å². The summed E-state index contributed by atoms with van der Waals surface area (Å²) in [7, 11) is 1.80. The molecule has 234 valence electrons. The van der Waals surface area contributed by atoms with Crippen LogP contribution in [-0.4, -0.2) is 41.8 Å². The van der Waals surface area contributed by atoms with E-state index in [9.17, 15) is 5.11 Å². The maximum atomic E-state index is 12.8. The highest BCUT2D eigenvalue weighted by Gasteiger charge is 2.40. The molecule has 0 radical (unpaired) electrons. The summed E-state index contributed by atoms with van der Waals surface area (Å²) < 4.78 is 0. The third-order valence-electron chi connectivity index (χ3n) is 8.03. The first-order chi connectivity index (χ1) is 22.4. The average Bonchev–Trinajstić information content (AvgIpc) is 3.57. The molecule has 6 rings (SSSR count). The van der Waals surface area contributed by atoms with Crippen LogP contribution in [0.3, 0.4) is 0 Å². The normalized spacial score (nSPS) is 15.1. The van der Waals surface area contributed by atoms with E-state index in [1.54, 1.807) is 23.2 Å². The Morgan fingerprint density at radius 2 is 1.80 bits per heavy atom. The molecule has 0 amide bonds. The zero-order valence-electron chi connectivity index (χ0n) is 25.4. The van der Waals surface area contributed by atoms with E-state index < -0.39 is 5.60 Å². The molecule has 0 spiro atoms. The second-order valence-electron chi connectivity index (χ2n) is 10.9. The number of benzene rings is 4. The van der Waals surface area contributed by atoms with Crippen molar-refractivity contribution in [3.63, 3.8) is 0 Å². The Bertz CT molecular complexity index is 1810. The number of aliphatic imine (C=N–C) groups is 1. The van der Waals surface area contributed by atoms with Crippen molar-refractivity contribution in [2.24, 2.45) is 15.8 Å². The minimum absolute atomic E-state index is 0.445. The molecule has 46 heavy (non-hydrogen) atoms. The monoisotopic (exact) mass is 633 g/mol. The highest BCUT2D eigenvalue weighted by Crippen LogP contribution is 2.41. The highest BCUT2D eigenvalue weighted by atomic mass is 35.5. The molecule has 0 fully saturated rings. The fraction of sp³-hybridized carbons (Fsp3) is 0.143. The lowest BCUT2D eigenvalue weighted by Gasteiger charge is -2.37. The zero-order valence-corrected chi connectivity index (χ0v) is 26.2. The van der Waals surface area contributed by atoms with Crippen LogP contribution < -0.4 is 32.4 Å².